The zero-order valence-electron chi connectivity index (χ0n) is 38.6. The van der Waals surface area contributed by atoms with Gasteiger partial charge >= 0.3 is 0 Å². The number of Topliss-reactive ketones (excluding diaryl/α,β-unsaturated/α-hetero) is 1. The van der Waals surface area contributed by atoms with E-state index in [2.05, 4.69) is 26.0 Å². The molecule has 3 heterocycles. The molecular formula is C48H58FN7O10S. The van der Waals surface area contributed by atoms with Gasteiger partial charge in [-0.3, -0.25) is 28.8 Å². The Balaban J connectivity index is 0.977. The maximum atomic E-state index is 15.4. The van der Waals surface area contributed by atoms with Gasteiger partial charge in [0.2, 0.25) is 33.7 Å². The molecule has 2 aromatic carbocycles. The monoisotopic (exact) mass is 943 g/mol. The van der Waals surface area contributed by atoms with Crippen LogP contribution in [0.4, 0.5) is 10.1 Å². The van der Waals surface area contributed by atoms with Crippen molar-refractivity contribution in [1.82, 2.24) is 30.2 Å². The second-order valence-corrected chi connectivity index (χ2v) is 19.7. The third-order valence-corrected chi connectivity index (χ3v) is 14.5. The summed E-state index contributed by atoms with van der Waals surface area (Å²) in [7, 11) is -4.09. The van der Waals surface area contributed by atoms with Gasteiger partial charge in [-0.15, -0.1) is 0 Å². The van der Waals surface area contributed by atoms with Gasteiger partial charge in [-0.25, -0.2) is 22.5 Å². The van der Waals surface area contributed by atoms with Crippen molar-refractivity contribution in [1.29, 1.82) is 0 Å². The molecule has 0 spiro atoms. The van der Waals surface area contributed by atoms with E-state index in [1.165, 1.54) is 17.6 Å². The molecule has 4 atom stereocenters. The van der Waals surface area contributed by atoms with E-state index in [4.69, 9.17) is 9.72 Å². The average molecular weight is 944 g/mol. The van der Waals surface area contributed by atoms with Crippen molar-refractivity contribution in [2.75, 3.05) is 24.3 Å². The summed E-state index contributed by atoms with van der Waals surface area (Å²) in [5.74, 6) is -3.46. The van der Waals surface area contributed by atoms with Crippen molar-refractivity contribution in [3.8, 4) is 11.4 Å². The highest BCUT2D eigenvalue weighted by Gasteiger charge is 2.44. The summed E-state index contributed by atoms with van der Waals surface area (Å²) >= 11 is 0. The quantitative estimate of drug-likeness (QED) is 0.0694. The van der Waals surface area contributed by atoms with E-state index in [0.29, 0.717) is 68.9 Å². The van der Waals surface area contributed by atoms with Gasteiger partial charge in [0.1, 0.15) is 23.5 Å². The number of ether oxygens (including phenoxy) is 1. The molecule has 4 aromatic rings. The summed E-state index contributed by atoms with van der Waals surface area (Å²) in [5, 5.41) is 22.9. The third-order valence-electron chi connectivity index (χ3n) is 13.1. The molecule has 0 radical (unpaired) electrons. The lowest BCUT2D eigenvalue weighted by atomic mass is 9.77. The average Bonchev–Trinajstić information content (AvgIpc) is 3.66. The summed E-state index contributed by atoms with van der Waals surface area (Å²) < 4.78 is 52.4. The van der Waals surface area contributed by atoms with Crippen molar-refractivity contribution in [3.63, 3.8) is 0 Å². The molecule has 6 N–H and O–H groups in total. The minimum absolute atomic E-state index is 0.0235. The number of hydrogen-bond donors (Lipinski definition) is 6. The first-order valence-electron chi connectivity index (χ1n) is 22.8. The van der Waals surface area contributed by atoms with Crippen LogP contribution in [0, 0.1) is 18.7 Å². The summed E-state index contributed by atoms with van der Waals surface area (Å²) in [6, 6.07) is 6.95. The number of amides is 4. The number of carbonyl (C=O) groups is 5. The molecule has 67 heavy (non-hydrogen) atoms. The Labute approximate surface area is 388 Å². The molecule has 2 aromatic heterocycles. The smallest absolute Gasteiger partial charge is 0.254 e. The normalized spacial score (nSPS) is 18.2. The topological polar surface area (TPSA) is 244 Å². The van der Waals surface area contributed by atoms with E-state index in [0.717, 1.165) is 0 Å². The number of aliphatic hydroxyl groups is 1. The number of benzene rings is 2. The Kier molecular flexibility index (Phi) is 14.5. The van der Waals surface area contributed by atoms with Gasteiger partial charge in [-0.1, -0.05) is 32.9 Å². The largest absolute Gasteiger partial charge is 0.381 e. The predicted octanol–water partition coefficient (Wildman–Crippen LogP) is 3.61. The number of halogens is 1. The number of fused-ring (bicyclic) bond motifs is 5. The third kappa shape index (κ3) is 10.1. The Morgan fingerprint density at radius 3 is 2.37 bits per heavy atom. The number of pyridine rings is 2. The van der Waals surface area contributed by atoms with Crippen molar-refractivity contribution in [2.45, 2.75) is 123 Å². The lowest BCUT2D eigenvalue weighted by Crippen LogP contribution is -2.53. The highest BCUT2D eigenvalue weighted by molar-refractivity contribution is 7.89. The van der Waals surface area contributed by atoms with E-state index in [1.807, 2.05) is 6.92 Å². The first-order valence-corrected chi connectivity index (χ1v) is 24.4. The van der Waals surface area contributed by atoms with Crippen LogP contribution in [0.3, 0.4) is 0 Å². The first-order chi connectivity index (χ1) is 31.8. The van der Waals surface area contributed by atoms with Gasteiger partial charge in [0.05, 0.1) is 35.8 Å². The van der Waals surface area contributed by atoms with E-state index in [-0.39, 0.29) is 92.5 Å². The molecule has 3 aliphatic rings. The number of nitrogens with zero attached hydrogens (tertiary/aromatic N) is 2. The highest BCUT2D eigenvalue weighted by atomic mass is 32.2. The molecule has 4 amide bonds. The number of aryl methyl sites for hydroxylation is 1. The lowest BCUT2D eigenvalue weighted by Gasteiger charge is -2.32. The molecule has 17 nitrogen and oxygen atoms in total. The van der Waals surface area contributed by atoms with Crippen LogP contribution < -0.4 is 31.5 Å². The lowest BCUT2D eigenvalue weighted by molar-refractivity contribution is -0.140. The molecular weight excluding hydrogens is 886 g/mol. The van der Waals surface area contributed by atoms with Gasteiger partial charge in [0, 0.05) is 72.3 Å². The van der Waals surface area contributed by atoms with Gasteiger partial charge in [-0.05, 0) is 92.8 Å². The second kappa shape index (κ2) is 19.8. The molecule has 0 unspecified atom stereocenters. The van der Waals surface area contributed by atoms with Crippen LogP contribution in [0.5, 0.6) is 0 Å². The van der Waals surface area contributed by atoms with Crippen LogP contribution in [0.15, 0.2) is 41.2 Å². The highest BCUT2D eigenvalue weighted by Crippen LogP contribution is 2.46. The zero-order valence-corrected chi connectivity index (χ0v) is 39.4. The Bertz CT molecular complexity index is 2830. The molecule has 0 saturated heterocycles. The Morgan fingerprint density at radius 2 is 1.69 bits per heavy atom. The fourth-order valence-electron chi connectivity index (χ4n) is 9.26. The second-order valence-electron chi connectivity index (χ2n) is 17.9. The minimum Gasteiger partial charge on any atom is -0.381 e. The molecule has 0 bridgehead atoms. The van der Waals surface area contributed by atoms with E-state index in [1.54, 1.807) is 58.0 Å². The van der Waals surface area contributed by atoms with Crippen molar-refractivity contribution in [2.24, 2.45) is 5.92 Å². The molecule has 0 saturated carbocycles. The van der Waals surface area contributed by atoms with Crippen LogP contribution in [-0.2, 0) is 70.3 Å². The van der Waals surface area contributed by atoms with E-state index < -0.39 is 63.0 Å². The van der Waals surface area contributed by atoms with Crippen LogP contribution in [-0.4, -0.2) is 83.5 Å². The zero-order chi connectivity index (χ0) is 48.5. The van der Waals surface area contributed by atoms with Gasteiger partial charge in [0.15, 0.2) is 5.78 Å². The Hall–Kier alpha value is -5.89. The number of rotatable bonds is 18. The molecule has 1 aliphatic heterocycles. The number of aromatic nitrogens is 2. The number of sulfonamides is 1. The van der Waals surface area contributed by atoms with Gasteiger partial charge < -0.3 is 35.7 Å². The van der Waals surface area contributed by atoms with Crippen molar-refractivity contribution >= 4 is 56.0 Å². The van der Waals surface area contributed by atoms with E-state index in [9.17, 15) is 42.3 Å². The summed E-state index contributed by atoms with van der Waals surface area (Å²) in [4.78, 5) is 83.0. The van der Waals surface area contributed by atoms with Crippen LogP contribution in [0.2, 0.25) is 0 Å². The van der Waals surface area contributed by atoms with Crippen LogP contribution in [0.25, 0.3) is 22.3 Å². The summed E-state index contributed by atoms with van der Waals surface area (Å²) in [5.41, 5.74) is 2.76. The first kappa shape index (κ1) is 49.0. The minimum atomic E-state index is -4.09. The fraction of sp³-hybridized carbons (Fsp3) is 0.479. The number of hydrogen-bond acceptors (Lipinski definition) is 11. The van der Waals surface area contributed by atoms with Crippen LogP contribution in [0.1, 0.15) is 112 Å². The predicted molar refractivity (Wildman–Crippen MR) is 248 cm³/mol. The maximum absolute atomic E-state index is 15.4. The maximum Gasteiger partial charge on any atom is 0.254 e. The van der Waals surface area contributed by atoms with E-state index >= 15 is 4.39 Å². The molecule has 2 aliphatic carbocycles. The Morgan fingerprint density at radius 1 is 0.955 bits per heavy atom. The van der Waals surface area contributed by atoms with Gasteiger partial charge in [-0.2, -0.15) is 0 Å². The number of anilines is 1. The van der Waals surface area contributed by atoms with Crippen molar-refractivity contribution in [3.05, 3.63) is 91.5 Å². The molecule has 7 rings (SSSR count). The molecule has 0 fully saturated rings. The molecule has 19 heteroatoms. The number of carbonyl (C=O) groups excluding carboxylic acids is 5. The summed E-state index contributed by atoms with van der Waals surface area (Å²) in [6.07, 6.45) is 0.638. The number of nitrogens with one attached hydrogen (secondary N) is 5. The number of ketones is 1. The standard InChI is InChI=1S/C48H58FN7O10S/c1-7-48(63)33-21-37-44-32(24-56(37)47(62)31(33)14-16-38(48)57)42-35(15-13-30-26(5)34(49)22-36(53-44)41(30)42)55-67(64,65)20-18-39(58)50-23-28-9-11-29(12-10-28)52-45(60)27(6)51-46(61)43(25(3)4)54-40(59)17-19-66-8-2/h9-12,21-22,25,27,35,43,55,63H,7-8,13-20,23-24H2,1-6H3,(H,50,58)(H,51,61)(H,52,60)(H,54,59)/t27-,35-,43-,48-/m0/s1. The fourth-order valence-corrected chi connectivity index (χ4v) is 10.5. The van der Waals surface area contributed by atoms with Crippen molar-refractivity contribution < 1.29 is 46.6 Å². The van der Waals surface area contributed by atoms with Crippen LogP contribution >= 0.6 is 0 Å². The summed E-state index contributed by atoms with van der Waals surface area (Å²) in [6.45, 7) is 11.1. The molecule has 358 valence electrons. The SMILES string of the molecule is CCOCCC(=O)N[C@H](C(=O)N[C@@H](C)C(=O)Nc1ccc(CNC(=O)CCS(=O)(=O)N[C@H]2CCc3c(C)c(F)cc4nc5c(c2c34)Cn2c-5cc3c(c2=O)CCC(=O)[C@]3(O)CC)cc1)C(C)C. The van der Waals surface area contributed by atoms with Gasteiger partial charge in [0.25, 0.3) is 5.56 Å².